The SMILES string of the molecule is C=C1CC[C@H](O)CC1=C/C=C1\CCC[C@@]2(C)[C@@H]([C@@H](C)C[C@@H]3C[C@@](C)(O)C(=O)O3)CC[C@@H]12. The van der Waals surface area contributed by atoms with Gasteiger partial charge in [0.25, 0.3) is 0 Å². The molecule has 0 aromatic rings. The predicted octanol–water partition coefficient (Wildman–Crippen LogP) is 5.25. The zero-order chi connectivity index (χ0) is 22.4. The second-order valence-corrected chi connectivity index (χ2v) is 11.2. The number of esters is 1. The monoisotopic (exact) mass is 428 g/mol. The largest absolute Gasteiger partial charge is 0.460 e. The maximum Gasteiger partial charge on any atom is 0.338 e. The van der Waals surface area contributed by atoms with Gasteiger partial charge in [0.05, 0.1) is 6.10 Å². The fourth-order valence-corrected chi connectivity index (χ4v) is 7.17. The number of allylic oxidation sites excluding steroid dienone is 4. The molecule has 0 aromatic heterocycles. The van der Waals surface area contributed by atoms with Crippen molar-refractivity contribution in [2.75, 3.05) is 0 Å². The van der Waals surface area contributed by atoms with Gasteiger partial charge in [0.2, 0.25) is 0 Å². The van der Waals surface area contributed by atoms with Gasteiger partial charge in [0.15, 0.2) is 5.60 Å². The van der Waals surface area contributed by atoms with E-state index in [2.05, 4.69) is 32.6 Å². The van der Waals surface area contributed by atoms with Crippen molar-refractivity contribution in [2.24, 2.45) is 23.2 Å². The van der Waals surface area contributed by atoms with Crippen LogP contribution in [0.15, 0.2) is 35.5 Å². The maximum atomic E-state index is 11.9. The highest BCUT2D eigenvalue weighted by atomic mass is 16.6. The summed E-state index contributed by atoms with van der Waals surface area (Å²) in [6.07, 6.45) is 14.0. The van der Waals surface area contributed by atoms with Gasteiger partial charge >= 0.3 is 5.97 Å². The van der Waals surface area contributed by atoms with Crippen LogP contribution in [-0.4, -0.2) is 34.0 Å². The van der Waals surface area contributed by atoms with Gasteiger partial charge in [-0.05, 0) is 93.5 Å². The minimum Gasteiger partial charge on any atom is -0.460 e. The first-order valence-corrected chi connectivity index (χ1v) is 12.3. The third-order valence-corrected chi connectivity index (χ3v) is 8.89. The Balaban J connectivity index is 1.46. The van der Waals surface area contributed by atoms with E-state index in [0.29, 0.717) is 24.2 Å². The van der Waals surface area contributed by atoms with Crippen LogP contribution in [0.1, 0.15) is 85.0 Å². The number of ether oxygens (including phenoxy) is 1. The summed E-state index contributed by atoms with van der Waals surface area (Å²) in [5.74, 6) is 1.23. The van der Waals surface area contributed by atoms with Crippen molar-refractivity contribution in [2.45, 2.75) is 103 Å². The van der Waals surface area contributed by atoms with Crippen LogP contribution in [0.2, 0.25) is 0 Å². The average Bonchev–Trinajstić information content (AvgIpc) is 3.17. The number of carbonyl (C=O) groups excluding carboxylic acids is 1. The van der Waals surface area contributed by atoms with Crippen molar-refractivity contribution < 1.29 is 19.7 Å². The fraction of sp³-hybridized carbons (Fsp3) is 0.741. The van der Waals surface area contributed by atoms with E-state index in [1.54, 1.807) is 12.5 Å². The molecule has 1 heterocycles. The Hall–Kier alpha value is -1.39. The van der Waals surface area contributed by atoms with Gasteiger partial charge in [-0.1, -0.05) is 43.7 Å². The van der Waals surface area contributed by atoms with Crippen LogP contribution in [0.3, 0.4) is 0 Å². The third kappa shape index (κ3) is 4.43. The maximum absolute atomic E-state index is 11.9. The van der Waals surface area contributed by atoms with E-state index in [-0.39, 0.29) is 17.6 Å². The highest BCUT2D eigenvalue weighted by Crippen LogP contribution is 2.60. The number of carbonyl (C=O) groups is 1. The topological polar surface area (TPSA) is 66.8 Å². The Kier molecular flexibility index (Phi) is 6.26. The molecule has 3 aliphatic carbocycles. The van der Waals surface area contributed by atoms with Gasteiger partial charge in [0, 0.05) is 6.42 Å². The van der Waals surface area contributed by atoms with Crippen molar-refractivity contribution in [3.05, 3.63) is 35.5 Å². The summed E-state index contributed by atoms with van der Waals surface area (Å²) in [6.45, 7) is 10.6. The van der Waals surface area contributed by atoms with E-state index in [1.807, 2.05) is 0 Å². The molecule has 0 aromatic carbocycles. The zero-order valence-corrected chi connectivity index (χ0v) is 19.5. The molecule has 0 spiro atoms. The van der Waals surface area contributed by atoms with Gasteiger partial charge in [-0.25, -0.2) is 4.79 Å². The molecule has 1 saturated heterocycles. The van der Waals surface area contributed by atoms with E-state index in [9.17, 15) is 15.0 Å². The van der Waals surface area contributed by atoms with Crippen LogP contribution in [0, 0.1) is 23.2 Å². The lowest BCUT2D eigenvalue weighted by Gasteiger charge is -2.44. The quantitative estimate of drug-likeness (QED) is 0.600. The number of cyclic esters (lactones) is 1. The molecule has 31 heavy (non-hydrogen) atoms. The summed E-state index contributed by atoms with van der Waals surface area (Å²) >= 11 is 0. The summed E-state index contributed by atoms with van der Waals surface area (Å²) in [5.41, 5.74) is 2.93. The number of fused-ring (bicyclic) bond motifs is 1. The summed E-state index contributed by atoms with van der Waals surface area (Å²) < 4.78 is 5.48. The Labute approximate surface area is 187 Å². The predicted molar refractivity (Wildman–Crippen MR) is 122 cm³/mol. The van der Waals surface area contributed by atoms with Crippen molar-refractivity contribution in [1.29, 1.82) is 0 Å². The molecule has 0 amide bonds. The highest BCUT2D eigenvalue weighted by molar-refractivity contribution is 5.80. The first-order chi connectivity index (χ1) is 14.6. The summed E-state index contributed by atoms with van der Waals surface area (Å²) in [5, 5.41) is 20.2. The molecular weight excluding hydrogens is 388 g/mol. The normalized spacial score (nSPS) is 44.5. The molecule has 1 aliphatic heterocycles. The van der Waals surface area contributed by atoms with E-state index in [1.165, 1.54) is 43.3 Å². The lowest BCUT2D eigenvalue weighted by atomic mass is 9.60. The number of aliphatic hydroxyl groups excluding tert-OH is 1. The Bertz CT molecular complexity index is 791. The highest BCUT2D eigenvalue weighted by Gasteiger charge is 2.52. The minimum absolute atomic E-state index is 0.160. The van der Waals surface area contributed by atoms with E-state index >= 15 is 0 Å². The lowest BCUT2D eigenvalue weighted by Crippen LogP contribution is -2.36. The number of hydrogen-bond acceptors (Lipinski definition) is 4. The molecule has 7 atom stereocenters. The van der Waals surface area contributed by atoms with Crippen LogP contribution in [0.4, 0.5) is 0 Å². The molecule has 172 valence electrons. The van der Waals surface area contributed by atoms with Gasteiger partial charge in [-0.2, -0.15) is 0 Å². The number of aliphatic hydroxyl groups is 2. The second kappa shape index (κ2) is 8.51. The third-order valence-electron chi connectivity index (χ3n) is 8.89. The Morgan fingerprint density at radius 2 is 2.00 bits per heavy atom. The fourth-order valence-electron chi connectivity index (χ4n) is 7.17. The van der Waals surface area contributed by atoms with Crippen LogP contribution in [0.5, 0.6) is 0 Å². The van der Waals surface area contributed by atoms with Gasteiger partial charge in [-0.3, -0.25) is 0 Å². The van der Waals surface area contributed by atoms with Crippen LogP contribution < -0.4 is 0 Å². The number of rotatable bonds is 4. The van der Waals surface area contributed by atoms with Crippen molar-refractivity contribution in [3.8, 4) is 0 Å². The molecule has 3 saturated carbocycles. The molecule has 0 radical (unpaired) electrons. The van der Waals surface area contributed by atoms with Crippen LogP contribution in [0.25, 0.3) is 0 Å². The van der Waals surface area contributed by atoms with Crippen LogP contribution in [-0.2, 0) is 9.53 Å². The molecular formula is C27H40O4. The molecule has 4 aliphatic rings. The van der Waals surface area contributed by atoms with Crippen molar-refractivity contribution >= 4 is 5.97 Å². The molecule has 4 nitrogen and oxygen atoms in total. The van der Waals surface area contributed by atoms with Crippen molar-refractivity contribution in [3.63, 3.8) is 0 Å². The van der Waals surface area contributed by atoms with Crippen LogP contribution >= 0.6 is 0 Å². The molecule has 4 fully saturated rings. The van der Waals surface area contributed by atoms with Gasteiger partial charge < -0.3 is 14.9 Å². The van der Waals surface area contributed by atoms with E-state index in [0.717, 1.165) is 25.7 Å². The number of hydrogen-bond donors (Lipinski definition) is 2. The summed E-state index contributed by atoms with van der Waals surface area (Å²) in [7, 11) is 0. The summed E-state index contributed by atoms with van der Waals surface area (Å²) in [6, 6.07) is 0. The molecule has 4 rings (SSSR count). The minimum atomic E-state index is -1.32. The first kappa shape index (κ1) is 22.8. The summed E-state index contributed by atoms with van der Waals surface area (Å²) in [4.78, 5) is 11.9. The Morgan fingerprint density at radius 1 is 1.23 bits per heavy atom. The smallest absolute Gasteiger partial charge is 0.338 e. The van der Waals surface area contributed by atoms with Crippen molar-refractivity contribution in [1.82, 2.24) is 0 Å². The average molecular weight is 429 g/mol. The van der Waals surface area contributed by atoms with Gasteiger partial charge in [0.1, 0.15) is 6.10 Å². The zero-order valence-electron chi connectivity index (χ0n) is 19.5. The lowest BCUT2D eigenvalue weighted by molar-refractivity contribution is -0.154. The second-order valence-electron chi connectivity index (χ2n) is 11.2. The molecule has 0 unspecified atom stereocenters. The standard InChI is InChI=1S/C27H40O4/c1-17-7-10-21(28)15-20(17)9-8-19-6-5-13-26(3)23(11-12-24(19)26)18(2)14-22-16-27(4,30)25(29)31-22/h8-9,18,21-24,28,30H,1,5-7,10-16H2,2-4H3/b19-8+,20-9?/t18-,21-,22+,23+,24-,26-,27+/m0/s1. The van der Waals surface area contributed by atoms with E-state index in [4.69, 9.17) is 4.74 Å². The molecule has 4 heteroatoms. The van der Waals surface area contributed by atoms with E-state index < -0.39 is 11.6 Å². The molecule has 2 N–H and O–H groups in total. The first-order valence-electron chi connectivity index (χ1n) is 12.3. The molecule has 0 bridgehead atoms. The van der Waals surface area contributed by atoms with Gasteiger partial charge in [-0.15, -0.1) is 0 Å². The Morgan fingerprint density at radius 3 is 2.71 bits per heavy atom.